The predicted molar refractivity (Wildman–Crippen MR) is 65.7 cm³/mol. The van der Waals surface area contributed by atoms with Gasteiger partial charge in [-0.15, -0.1) is 0 Å². The van der Waals surface area contributed by atoms with Crippen LogP contribution in [-0.4, -0.2) is 44.0 Å². The maximum atomic E-state index is 12.9. The summed E-state index contributed by atoms with van der Waals surface area (Å²) >= 11 is 0. The summed E-state index contributed by atoms with van der Waals surface area (Å²) in [5, 5.41) is 4.82. The Kier molecular flexibility index (Phi) is 5.36. The Bertz CT molecular complexity index is 498. The molecule has 3 amide bonds. The minimum atomic E-state index is -1.63. The first-order chi connectivity index (χ1) is 9.32. The van der Waals surface area contributed by atoms with Crippen LogP contribution in [0.2, 0.25) is 0 Å². The van der Waals surface area contributed by atoms with Crippen molar-refractivity contribution in [1.82, 2.24) is 15.5 Å². The molecular weight excluding hydrogens is 275 g/mol. The van der Waals surface area contributed by atoms with Crippen molar-refractivity contribution in [3.8, 4) is 0 Å². The molecule has 0 saturated carbocycles. The van der Waals surface area contributed by atoms with Gasteiger partial charge in [-0.2, -0.15) is 0 Å². The van der Waals surface area contributed by atoms with E-state index in [2.05, 4.69) is 10.6 Å². The number of nitrogens with zero attached hydrogens (tertiary/aromatic N) is 1. The molecule has 0 heterocycles. The number of benzene rings is 1. The zero-order valence-electron chi connectivity index (χ0n) is 11.0. The van der Waals surface area contributed by atoms with E-state index in [1.54, 1.807) is 14.1 Å². The molecule has 20 heavy (non-hydrogen) atoms. The molecule has 2 N–H and O–H groups in total. The SMILES string of the molecule is CN(C)C(=O)NCCNC(=O)c1cc(F)c(F)c(F)c1. The zero-order chi connectivity index (χ0) is 15.3. The van der Waals surface area contributed by atoms with E-state index in [9.17, 15) is 22.8 Å². The van der Waals surface area contributed by atoms with E-state index in [1.165, 1.54) is 4.90 Å². The van der Waals surface area contributed by atoms with E-state index < -0.39 is 23.4 Å². The van der Waals surface area contributed by atoms with Crippen LogP contribution in [0, 0.1) is 17.5 Å². The number of rotatable bonds is 4. The quantitative estimate of drug-likeness (QED) is 0.644. The largest absolute Gasteiger partial charge is 0.350 e. The molecule has 0 aliphatic heterocycles. The molecule has 0 spiro atoms. The fourth-order valence-electron chi connectivity index (χ4n) is 1.29. The Morgan fingerprint density at radius 1 is 1.05 bits per heavy atom. The molecular formula is C12H14F3N3O2. The lowest BCUT2D eigenvalue weighted by atomic mass is 10.2. The lowest BCUT2D eigenvalue weighted by Crippen LogP contribution is -2.39. The van der Waals surface area contributed by atoms with Crippen LogP contribution in [0.15, 0.2) is 12.1 Å². The van der Waals surface area contributed by atoms with E-state index in [0.29, 0.717) is 12.1 Å². The van der Waals surface area contributed by atoms with Gasteiger partial charge in [-0.1, -0.05) is 0 Å². The van der Waals surface area contributed by atoms with Gasteiger partial charge in [-0.3, -0.25) is 4.79 Å². The maximum absolute atomic E-state index is 12.9. The van der Waals surface area contributed by atoms with Crippen molar-refractivity contribution in [2.24, 2.45) is 0 Å². The molecule has 1 rings (SSSR count). The van der Waals surface area contributed by atoms with Crippen molar-refractivity contribution in [3.05, 3.63) is 35.1 Å². The van der Waals surface area contributed by atoms with Gasteiger partial charge in [-0.25, -0.2) is 18.0 Å². The number of nitrogens with one attached hydrogen (secondary N) is 2. The Labute approximate surface area is 113 Å². The fourth-order valence-corrected chi connectivity index (χ4v) is 1.29. The van der Waals surface area contributed by atoms with Gasteiger partial charge in [-0.05, 0) is 12.1 Å². The lowest BCUT2D eigenvalue weighted by molar-refractivity contribution is 0.0952. The second-order valence-electron chi connectivity index (χ2n) is 4.14. The number of hydrogen-bond acceptors (Lipinski definition) is 2. The van der Waals surface area contributed by atoms with Gasteiger partial charge in [0.05, 0.1) is 0 Å². The lowest BCUT2D eigenvalue weighted by Gasteiger charge is -2.12. The third kappa shape index (κ3) is 4.15. The van der Waals surface area contributed by atoms with Crippen LogP contribution in [0.5, 0.6) is 0 Å². The second-order valence-corrected chi connectivity index (χ2v) is 4.14. The summed E-state index contributed by atoms with van der Waals surface area (Å²) in [6.07, 6.45) is 0. The van der Waals surface area contributed by atoms with Gasteiger partial charge >= 0.3 is 6.03 Å². The van der Waals surface area contributed by atoms with Crippen LogP contribution in [0.3, 0.4) is 0 Å². The van der Waals surface area contributed by atoms with E-state index >= 15 is 0 Å². The average Bonchev–Trinajstić information content (AvgIpc) is 2.39. The molecule has 0 fully saturated rings. The molecule has 5 nitrogen and oxygen atoms in total. The monoisotopic (exact) mass is 289 g/mol. The molecule has 0 aliphatic carbocycles. The third-order valence-corrected chi connectivity index (χ3v) is 2.34. The number of urea groups is 1. The van der Waals surface area contributed by atoms with Crippen molar-refractivity contribution in [2.75, 3.05) is 27.2 Å². The van der Waals surface area contributed by atoms with Crippen LogP contribution in [0.25, 0.3) is 0 Å². The predicted octanol–water partition coefficient (Wildman–Crippen LogP) is 1.10. The molecule has 1 aromatic rings. The number of carbonyl (C=O) groups excluding carboxylic acids is 2. The number of amides is 3. The summed E-state index contributed by atoms with van der Waals surface area (Å²) < 4.78 is 38.6. The molecule has 0 aliphatic rings. The minimum Gasteiger partial charge on any atom is -0.350 e. The van der Waals surface area contributed by atoms with Crippen LogP contribution < -0.4 is 10.6 Å². The van der Waals surface area contributed by atoms with E-state index in [1.807, 2.05) is 0 Å². The van der Waals surface area contributed by atoms with Crippen molar-refractivity contribution in [3.63, 3.8) is 0 Å². The normalized spacial score (nSPS) is 10.1. The van der Waals surface area contributed by atoms with Gasteiger partial charge in [0.15, 0.2) is 17.5 Å². The topological polar surface area (TPSA) is 61.4 Å². The first kappa shape index (κ1) is 15.8. The molecule has 110 valence electrons. The average molecular weight is 289 g/mol. The van der Waals surface area contributed by atoms with Crippen molar-refractivity contribution < 1.29 is 22.8 Å². The summed E-state index contributed by atoms with van der Waals surface area (Å²) in [6, 6.07) is 0.872. The van der Waals surface area contributed by atoms with Crippen molar-refractivity contribution in [1.29, 1.82) is 0 Å². The van der Waals surface area contributed by atoms with E-state index in [0.717, 1.165) is 0 Å². The molecule has 0 saturated heterocycles. The fraction of sp³-hybridized carbons (Fsp3) is 0.333. The Hall–Kier alpha value is -2.25. The van der Waals surface area contributed by atoms with E-state index in [-0.39, 0.29) is 24.7 Å². The minimum absolute atomic E-state index is 0.0685. The first-order valence-electron chi connectivity index (χ1n) is 5.71. The van der Waals surface area contributed by atoms with Gasteiger partial charge in [0, 0.05) is 32.7 Å². The zero-order valence-corrected chi connectivity index (χ0v) is 11.0. The van der Waals surface area contributed by atoms with Crippen LogP contribution in [0.4, 0.5) is 18.0 Å². The van der Waals surface area contributed by atoms with Crippen LogP contribution in [-0.2, 0) is 0 Å². The number of halogens is 3. The van der Waals surface area contributed by atoms with Crippen LogP contribution >= 0.6 is 0 Å². The van der Waals surface area contributed by atoms with Gasteiger partial charge < -0.3 is 15.5 Å². The van der Waals surface area contributed by atoms with Crippen molar-refractivity contribution >= 4 is 11.9 Å². The Morgan fingerprint density at radius 3 is 2.05 bits per heavy atom. The smallest absolute Gasteiger partial charge is 0.316 e. The number of carbonyl (C=O) groups is 2. The van der Waals surface area contributed by atoms with Crippen molar-refractivity contribution in [2.45, 2.75) is 0 Å². The molecule has 0 atom stereocenters. The third-order valence-electron chi connectivity index (χ3n) is 2.34. The molecule has 0 bridgehead atoms. The maximum Gasteiger partial charge on any atom is 0.316 e. The van der Waals surface area contributed by atoms with Gasteiger partial charge in [0.1, 0.15) is 0 Å². The summed E-state index contributed by atoms with van der Waals surface area (Å²) in [7, 11) is 3.11. The summed E-state index contributed by atoms with van der Waals surface area (Å²) in [4.78, 5) is 24.0. The summed E-state index contributed by atoms with van der Waals surface area (Å²) in [5.41, 5.74) is -0.333. The van der Waals surface area contributed by atoms with Gasteiger partial charge in [0.25, 0.3) is 5.91 Å². The summed E-state index contributed by atoms with van der Waals surface area (Å²) in [5.74, 6) is -5.26. The van der Waals surface area contributed by atoms with E-state index in [4.69, 9.17) is 0 Å². The van der Waals surface area contributed by atoms with Gasteiger partial charge in [0.2, 0.25) is 0 Å². The molecule has 8 heteroatoms. The Balaban J connectivity index is 2.50. The highest BCUT2D eigenvalue weighted by molar-refractivity contribution is 5.94. The van der Waals surface area contributed by atoms with Crippen LogP contribution in [0.1, 0.15) is 10.4 Å². The summed E-state index contributed by atoms with van der Waals surface area (Å²) in [6.45, 7) is 0.216. The number of hydrogen-bond donors (Lipinski definition) is 2. The first-order valence-corrected chi connectivity index (χ1v) is 5.71. The standard InChI is InChI=1S/C12H14F3N3O2/c1-18(2)12(20)17-4-3-16-11(19)7-5-8(13)10(15)9(14)6-7/h5-6H,3-4H2,1-2H3,(H,16,19)(H,17,20). The molecule has 0 unspecified atom stereocenters. The highest BCUT2D eigenvalue weighted by Crippen LogP contribution is 2.13. The molecule has 0 radical (unpaired) electrons. The molecule has 0 aromatic heterocycles. The Morgan fingerprint density at radius 2 is 1.55 bits per heavy atom. The highest BCUT2D eigenvalue weighted by Gasteiger charge is 2.14. The second kappa shape index (κ2) is 6.78. The molecule has 1 aromatic carbocycles. The highest BCUT2D eigenvalue weighted by atomic mass is 19.2.